The molecule has 1 N–H and O–H groups in total. The molecule has 1 heterocycles. The maximum absolute atomic E-state index is 11.8. The standard InChI is InChI=1S/C13H18N2O2/c1-9(10-3-4-10)8-14-13(17)11-5-6-15(2)12(16)7-11/h5-7,9-10H,3-4,8H2,1-2H3,(H,14,17). The fraction of sp³-hybridized carbons (Fsp3) is 0.538. The number of pyridine rings is 1. The van der Waals surface area contributed by atoms with E-state index in [1.54, 1.807) is 19.3 Å². The van der Waals surface area contributed by atoms with E-state index in [9.17, 15) is 9.59 Å². The molecule has 1 aliphatic rings. The Labute approximate surface area is 101 Å². The molecule has 4 heteroatoms. The van der Waals surface area contributed by atoms with Crippen molar-refractivity contribution in [3.8, 4) is 0 Å². The molecule has 4 nitrogen and oxygen atoms in total. The zero-order valence-corrected chi connectivity index (χ0v) is 10.3. The smallest absolute Gasteiger partial charge is 0.251 e. The van der Waals surface area contributed by atoms with E-state index in [2.05, 4.69) is 12.2 Å². The van der Waals surface area contributed by atoms with Crippen LogP contribution in [0.5, 0.6) is 0 Å². The summed E-state index contributed by atoms with van der Waals surface area (Å²) in [5.41, 5.74) is 0.281. The Bertz CT molecular complexity index is 475. The number of amides is 1. The lowest BCUT2D eigenvalue weighted by atomic mass is 10.1. The van der Waals surface area contributed by atoms with Crippen molar-refractivity contribution >= 4 is 5.91 Å². The Morgan fingerprint density at radius 3 is 2.88 bits per heavy atom. The summed E-state index contributed by atoms with van der Waals surface area (Å²) in [7, 11) is 1.67. The van der Waals surface area contributed by atoms with E-state index in [-0.39, 0.29) is 11.5 Å². The van der Waals surface area contributed by atoms with Crippen LogP contribution in [0.1, 0.15) is 30.1 Å². The number of nitrogens with one attached hydrogen (secondary N) is 1. The number of hydrogen-bond donors (Lipinski definition) is 1. The minimum Gasteiger partial charge on any atom is -0.352 e. The van der Waals surface area contributed by atoms with Crippen LogP contribution in [0, 0.1) is 11.8 Å². The van der Waals surface area contributed by atoms with Crippen LogP contribution in [0.2, 0.25) is 0 Å². The van der Waals surface area contributed by atoms with E-state index < -0.39 is 0 Å². The number of rotatable bonds is 4. The fourth-order valence-corrected chi connectivity index (χ4v) is 1.88. The van der Waals surface area contributed by atoms with Gasteiger partial charge in [-0.1, -0.05) is 6.92 Å². The topological polar surface area (TPSA) is 51.1 Å². The van der Waals surface area contributed by atoms with Crippen LogP contribution >= 0.6 is 0 Å². The lowest BCUT2D eigenvalue weighted by Gasteiger charge is -2.11. The number of nitrogens with zero attached hydrogens (tertiary/aromatic N) is 1. The van der Waals surface area contributed by atoms with Crippen molar-refractivity contribution in [3.05, 3.63) is 34.2 Å². The van der Waals surface area contributed by atoms with Gasteiger partial charge in [0.2, 0.25) is 0 Å². The number of carbonyl (C=O) groups excluding carboxylic acids is 1. The summed E-state index contributed by atoms with van der Waals surface area (Å²) in [5, 5.41) is 2.88. The lowest BCUT2D eigenvalue weighted by molar-refractivity contribution is 0.0946. The van der Waals surface area contributed by atoms with Crippen molar-refractivity contribution in [2.45, 2.75) is 19.8 Å². The normalized spacial score (nSPS) is 16.6. The molecule has 0 bridgehead atoms. The summed E-state index contributed by atoms with van der Waals surface area (Å²) >= 11 is 0. The molecule has 1 aromatic heterocycles. The van der Waals surface area contributed by atoms with Gasteiger partial charge in [0, 0.05) is 31.4 Å². The SMILES string of the molecule is CC(CNC(=O)c1ccn(C)c(=O)c1)C1CC1. The maximum Gasteiger partial charge on any atom is 0.251 e. The predicted molar refractivity (Wildman–Crippen MR) is 65.9 cm³/mol. The van der Waals surface area contributed by atoms with Gasteiger partial charge in [0.25, 0.3) is 11.5 Å². The molecule has 0 radical (unpaired) electrons. The minimum absolute atomic E-state index is 0.157. The molecule has 0 aromatic carbocycles. The van der Waals surface area contributed by atoms with Gasteiger partial charge in [-0.15, -0.1) is 0 Å². The van der Waals surface area contributed by atoms with Gasteiger partial charge in [-0.3, -0.25) is 9.59 Å². The van der Waals surface area contributed by atoms with Gasteiger partial charge in [0.15, 0.2) is 0 Å². The number of aromatic nitrogens is 1. The van der Waals surface area contributed by atoms with Crippen LogP contribution < -0.4 is 10.9 Å². The zero-order valence-electron chi connectivity index (χ0n) is 10.3. The summed E-state index contributed by atoms with van der Waals surface area (Å²) < 4.78 is 1.45. The van der Waals surface area contributed by atoms with Gasteiger partial charge in [-0.05, 0) is 30.7 Å². The molecule has 1 atom stereocenters. The van der Waals surface area contributed by atoms with Gasteiger partial charge < -0.3 is 9.88 Å². The number of carbonyl (C=O) groups is 1. The molecule has 1 amide bonds. The summed E-state index contributed by atoms with van der Waals surface area (Å²) in [6.45, 7) is 2.85. The van der Waals surface area contributed by atoms with Gasteiger partial charge in [-0.2, -0.15) is 0 Å². The van der Waals surface area contributed by atoms with Gasteiger partial charge in [0.1, 0.15) is 0 Å². The number of hydrogen-bond acceptors (Lipinski definition) is 2. The highest BCUT2D eigenvalue weighted by Crippen LogP contribution is 2.36. The van der Waals surface area contributed by atoms with E-state index in [0.29, 0.717) is 18.0 Å². The molecule has 1 aliphatic carbocycles. The highest BCUT2D eigenvalue weighted by molar-refractivity contribution is 5.93. The van der Waals surface area contributed by atoms with Crippen molar-refractivity contribution in [3.63, 3.8) is 0 Å². The summed E-state index contributed by atoms with van der Waals surface area (Å²) in [6.07, 6.45) is 4.17. The van der Waals surface area contributed by atoms with E-state index in [1.807, 2.05) is 0 Å². The molecule has 17 heavy (non-hydrogen) atoms. The third-order valence-corrected chi connectivity index (χ3v) is 3.38. The minimum atomic E-state index is -0.159. The number of aryl methyl sites for hydroxylation is 1. The maximum atomic E-state index is 11.8. The second-order valence-electron chi connectivity index (χ2n) is 4.89. The van der Waals surface area contributed by atoms with Gasteiger partial charge in [0.05, 0.1) is 0 Å². The summed E-state index contributed by atoms with van der Waals surface area (Å²) in [6, 6.07) is 3.04. The molecule has 0 aliphatic heterocycles. The van der Waals surface area contributed by atoms with E-state index in [1.165, 1.54) is 23.5 Å². The van der Waals surface area contributed by atoms with Crippen molar-refractivity contribution < 1.29 is 4.79 Å². The quantitative estimate of drug-likeness (QED) is 0.850. The average molecular weight is 234 g/mol. The Morgan fingerprint density at radius 2 is 2.29 bits per heavy atom. The first-order valence-corrected chi connectivity index (χ1v) is 6.03. The zero-order chi connectivity index (χ0) is 12.4. The van der Waals surface area contributed by atoms with Crippen LogP contribution in [-0.4, -0.2) is 17.0 Å². The van der Waals surface area contributed by atoms with Crippen molar-refractivity contribution in [2.75, 3.05) is 6.54 Å². The highest BCUT2D eigenvalue weighted by Gasteiger charge is 2.27. The molecule has 1 fully saturated rings. The molecule has 0 spiro atoms. The molecule has 92 valence electrons. The third kappa shape index (κ3) is 2.96. The first kappa shape index (κ1) is 11.9. The Kier molecular flexibility index (Phi) is 3.31. The van der Waals surface area contributed by atoms with E-state index in [0.717, 1.165) is 5.92 Å². The van der Waals surface area contributed by atoms with Crippen molar-refractivity contribution in [1.82, 2.24) is 9.88 Å². The second-order valence-corrected chi connectivity index (χ2v) is 4.89. The molecular weight excluding hydrogens is 216 g/mol. The van der Waals surface area contributed by atoms with Gasteiger partial charge in [-0.25, -0.2) is 0 Å². The Hall–Kier alpha value is -1.58. The van der Waals surface area contributed by atoms with Crippen LogP contribution in [-0.2, 0) is 7.05 Å². The van der Waals surface area contributed by atoms with Crippen molar-refractivity contribution in [2.24, 2.45) is 18.9 Å². The first-order valence-electron chi connectivity index (χ1n) is 6.03. The van der Waals surface area contributed by atoms with Crippen molar-refractivity contribution in [1.29, 1.82) is 0 Å². The highest BCUT2D eigenvalue weighted by atomic mass is 16.2. The van der Waals surface area contributed by atoms with Gasteiger partial charge >= 0.3 is 0 Å². The Morgan fingerprint density at radius 1 is 1.59 bits per heavy atom. The van der Waals surface area contributed by atoms with E-state index in [4.69, 9.17) is 0 Å². The molecule has 0 saturated heterocycles. The largest absolute Gasteiger partial charge is 0.352 e. The summed E-state index contributed by atoms with van der Waals surface area (Å²) in [4.78, 5) is 23.2. The van der Waals surface area contributed by atoms with E-state index >= 15 is 0 Å². The first-order chi connectivity index (χ1) is 8.08. The predicted octanol–water partition coefficient (Wildman–Crippen LogP) is 1.16. The Balaban J connectivity index is 1.94. The average Bonchev–Trinajstić information content (AvgIpc) is 3.13. The fourth-order valence-electron chi connectivity index (χ4n) is 1.88. The molecule has 1 saturated carbocycles. The molecule has 2 rings (SSSR count). The molecular formula is C13H18N2O2. The third-order valence-electron chi connectivity index (χ3n) is 3.38. The second kappa shape index (κ2) is 4.73. The lowest BCUT2D eigenvalue weighted by Crippen LogP contribution is -2.30. The summed E-state index contributed by atoms with van der Waals surface area (Å²) in [5.74, 6) is 1.15. The van der Waals surface area contributed by atoms with Crippen LogP contribution in [0.4, 0.5) is 0 Å². The van der Waals surface area contributed by atoms with Crippen LogP contribution in [0.15, 0.2) is 23.1 Å². The molecule has 1 unspecified atom stereocenters. The van der Waals surface area contributed by atoms with Crippen LogP contribution in [0.3, 0.4) is 0 Å². The molecule has 1 aromatic rings. The monoisotopic (exact) mass is 234 g/mol. The van der Waals surface area contributed by atoms with Crippen LogP contribution in [0.25, 0.3) is 0 Å².